The molecule has 0 N–H and O–H groups in total. The third-order valence-electron chi connectivity index (χ3n) is 3.48. The summed E-state index contributed by atoms with van der Waals surface area (Å²) in [6.45, 7) is 2.16. The molecule has 1 aromatic rings. The van der Waals surface area contributed by atoms with Crippen molar-refractivity contribution in [1.29, 1.82) is 0 Å². The van der Waals surface area contributed by atoms with Crippen molar-refractivity contribution < 1.29 is 0 Å². The molecule has 0 bridgehead atoms. The second-order valence-electron chi connectivity index (χ2n) is 4.46. The molecule has 76 valence electrons. The predicted octanol–water partition coefficient (Wildman–Crippen LogP) is 3.02. The summed E-state index contributed by atoms with van der Waals surface area (Å²) in [5.41, 5.74) is 4.21. The molecule has 15 heavy (non-hydrogen) atoms. The van der Waals surface area contributed by atoms with E-state index in [9.17, 15) is 0 Å². The lowest BCUT2D eigenvalue weighted by Crippen LogP contribution is -2.28. The number of rotatable bonds is 0. The van der Waals surface area contributed by atoms with Gasteiger partial charge in [-0.2, -0.15) is 0 Å². The molecule has 1 aliphatic heterocycles. The smallest absolute Gasteiger partial charge is 0.0577 e. The lowest BCUT2D eigenvalue weighted by molar-refractivity contribution is 0.723. The molecule has 1 aliphatic carbocycles. The van der Waals surface area contributed by atoms with E-state index in [2.05, 4.69) is 61.4 Å². The normalized spacial score (nSPS) is 26.7. The van der Waals surface area contributed by atoms with E-state index in [0.717, 1.165) is 0 Å². The molecule has 1 heteroatoms. The summed E-state index contributed by atoms with van der Waals surface area (Å²) in [4.78, 5) is 2.37. The van der Waals surface area contributed by atoms with Crippen LogP contribution in [0.15, 0.2) is 42.5 Å². The van der Waals surface area contributed by atoms with Crippen molar-refractivity contribution in [1.82, 2.24) is 0 Å². The number of nitrogens with zero attached hydrogens (tertiary/aromatic N) is 1. The first-order valence-electron chi connectivity index (χ1n) is 5.46. The van der Waals surface area contributed by atoms with Gasteiger partial charge in [0.25, 0.3) is 0 Å². The zero-order valence-corrected chi connectivity index (χ0v) is 9.14. The molecule has 0 saturated heterocycles. The van der Waals surface area contributed by atoms with Crippen LogP contribution >= 0.6 is 0 Å². The standard InChI is InChI=1S/C14H15N/c1-10-7-8-14-12(9-10)11-5-3-4-6-13(11)15(14)2/h3-9,11,13H,1-2H3. The Balaban J connectivity index is 2.17. The van der Waals surface area contributed by atoms with Gasteiger partial charge in [0.15, 0.2) is 0 Å². The number of fused-ring (bicyclic) bond motifs is 3. The van der Waals surface area contributed by atoms with Crippen LogP contribution in [0.25, 0.3) is 0 Å². The number of likely N-dealkylation sites (N-methyl/N-ethyl adjacent to an activating group) is 1. The third-order valence-corrected chi connectivity index (χ3v) is 3.48. The van der Waals surface area contributed by atoms with Crippen molar-refractivity contribution in [2.24, 2.45) is 0 Å². The van der Waals surface area contributed by atoms with Crippen LogP contribution in [0.2, 0.25) is 0 Å². The zero-order chi connectivity index (χ0) is 10.4. The van der Waals surface area contributed by atoms with Crippen LogP contribution in [0.1, 0.15) is 17.0 Å². The van der Waals surface area contributed by atoms with Crippen molar-refractivity contribution in [2.75, 3.05) is 11.9 Å². The zero-order valence-electron chi connectivity index (χ0n) is 9.14. The van der Waals surface area contributed by atoms with Gasteiger partial charge in [0.05, 0.1) is 6.04 Å². The number of hydrogen-bond acceptors (Lipinski definition) is 1. The molecular formula is C14H15N. The van der Waals surface area contributed by atoms with Crippen molar-refractivity contribution in [3.63, 3.8) is 0 Å². The Morgan fingerprint density at radius 1 is 1.13 bits per heavy atom. The number of benzene rings is 1. The van der Waals surface area contributed by atoms with E-state index in [-0.39, 0.29) is 0 Å². The fourth-order valence-corrected chi connectivity index (χ4v) is 2.68. The Hall–Kier alpha value is -1.50. The van der Waals surface area contributed by atoms with E-state index < -0.39 is 0 Å². The molecule has 0 fully saturated rings. The fourth-order valence-electron chi connectivity index (χ4n) is 2.68. The topological polar surface area (TPSA) is 3.24 Å². The van der Waals surface area contributed by atoms with E-state index in [1.165, 1.54) is 16.8 Å². The van der Waals surface area contributed by atoms with Crippen LogP contribution in [0.4, 0.5) is 5.69 Å². The summed E-state index contributed by atoms with van der Waals surface area (Å²) < 4.78 is 0. The molecule has 0 aromatic heterocycles. The molecule has 1 nitrogen and oxygen atoms in total. The average Bonchev–Trinajstić information content (AvgIpc) is 2.54. The van der Waals surface area contributed by atoms with Crippen molar-refractivity contribution >= 4 is 5.69 Å². The molecule has 0 saturated carbocycles. The van der Waals surface area contributed by atoms with Gasteiger partial charge < -0.3 is 4.90 Å². The molecule has 2 aliphatic rings. The molecule has 2 atom stereocenters. The molecule has 2 unspecified atom stereocenters. The maximum absolute atomic E-state index is 2.37. The fraction of sp³-hybridized carbons (Fsp3) is 0.286. The molecular weight excluding hydrogens is 182 g/mol. The Bertz CT molecular complexity index is 456. The van der Waals surface area contributed by atoms with Crippen LogP contribution < -0.4 is 4.90 Å². The quantitative estimate of drug-likeness (QED) is 0.618. The summed E-state index contributed by atoms with van der Waals surface area (Å²) in [5.74, 6) is 0.551. The highest BCUT2D eigenvalue weighted by Gasteiger charge is 2.33. The highest BCUT2D eigenvalue weighted by molar-refractivity contribution is 5.65. The highest BCUT2D eigenvalue weighted by Crippen LogP contribution is 2.42. The lowest BCUT2D eigenvalue weighted by atomic mass is 9.91. The van der Waals surface area contributed by atoms with Crippen LogP contribution in [0, 0.1) is 6.92 Å². The molecule has 0 amide bonds. The highest BCUT2D eigenvalue weighted by atomic mass is 15.2. The van der Waals surface area contributed by atoms with Gasteiger partial charge in [-0.1, -0.05) is 42.0 Å². The van der Waals surface area contributed by atoms with Crippen molar-refractivity contribution in [2.45, 2.75) is 18.9 Å². The average molecular weight is 197 g/mol. The first kappa shape index (κ1) is 8.78. The number of aryl methyl sites for hydroxylation is 1. The summed E-state index contributed by atoms with van der Waals surface area (Å²) in [7, 11) is 2.18. The molecule has 1 heterocycles. The molecule has 0 radical (unpaired) electrons. The minimum atomic E-state index is 0.520. The van der Waals surface area contributed by atoms with E-state index in [1.807, 2.05) is 0 Å². The third kappa shape index (κ3) is 1.16. The van der Waals surface area contributed by atoms with Gasteiger partial charge in [-0.15, -0.1) is 0 Å². The van der Waals surface area contributed by atoms with E-state index in [1.54, 1.807) is 0 Å². The molecule has 3 rings (SSSR count). The van der Waals surface area contributed by atoms with E-state index >= 15 is 0 Å². The minimum absolute atomic E-state index is 0.520. The second kappa shape index (κ2) is 2.99. The molecule has 0 spiro atoms. The van der Waals surface area contributed by atoms with Gasteiger partial charge in [-0.05, 0) is 18.6 Å². The number of allylic oxidation sites excluding steroid dienone is 2. The second-order valence-corrected chi connectivity index (χ2v) is 4.46. The van der Waals surface area contributed by atoms with Gasteiger partial charge in [0.2, 0.25) is 0 Å². The first-order chi connectivity index (χ1) is 7.27. The van der Waals surface area contributed by atoms with Gasteiger partial charge in [-0.3, -0.25) is 0 Å². The maximum Gasteiger partial charge on any atom is 0.0577 e. The van der Waals surface area contributed by atoms with Crippen molar-refractivity contribution in [3.8, 4) is 0 Å². The lowest BCUT2D eigenvalue weighted by Gasteiger charge is -2.23. The van der Waals surface area contributed by atoms with Gasteiger partial charge >= 0.3 is 0 Å². The Morgan fingerprint density at radius 3 is 2.80 bits per heavy atom. The Labute approximate surface area is 90.7 Å². The maximum atomic E-state index is 2.37. The van der Waals surface area contributed by atoms with Crippen LogP contribution in [0.3, 0.4) is 0 Å². The van der Waals surface area contributed by atoms with Gasteiger partial charge in [0.1, 0.15) is 0 Å². The summed E-state index contributed by atoms with van der Waals surface area (Å²) in [5, 5.41) is 0. The Kier molecular flexibility index (Phi) is 1.75. The number of anilines is 1. The number of hydrogen-bond donors (Lipinski definition) is 0. The summed E-state index contributed by atoms with van der Waals surface area (Å²) in [6, 6.07) is 7.27. The monoisotopic (exact) mass is 197 g/mol. The Morgan fingerprint density at radius 2 is 1.93 bits per heavy atom. The van der Waals surface area contributed by atoms with Crippen LogP contribution in [-0.2, 0) is 0 Å². The summed E-state index contributed by atoms with van der Waals surface area (Å²) >= 11 is 0. The van der Waals surface area contributed by atoms with E-state index in [4.69, 9.17) is 0 Å². The van der Waals surface area contributed by atoms with Gasteiger partial charge in [-0.25, -0.2) is 0 Å². The summed E-state index contributed by atoms with van der Waals surface area (Å²) in [6.07, 6.45) is 8.91. The minimum Gasteiger partial charge on any atom is -0.367 e. The van der Waals surface area contributed by atoms with Crippen molar-refractivity contribution in [3.05, 3.63) is 53.6 Å². The van der Waals surface area contributed by atoms with Crippen LogP contribution in [-0.4, -0.2) is 13.1 Å². The first-order valence-corrected chi connectivity index (χ1v) is 5.46. The largest absolute Gasteiger partial charge is 0.367 e. The van der Waals surface area contributed by atoms with E-state index in [0.29, 0.717) is 12.0 Å². The van der Waals surface area contributed by atoms with Gasteiger partial charge in [0, 0.05) is 18.7 Å². The predicted molar refractivity (Wildman–Crippen MR) is 64.4 cm³/mol. The molecule has 1 aromatic carbocycles. The SMILES string of the molecule is Cc1ccc2c(c1)C1C=CC=CC1N2C. The van der Waals surface area contributed by atoms with Crippen LogP contribution in [0.5, 0.6) is 0 Å².